The Hall–Kier alpha value is -0.480. The SMILES string of the molecule is CSC1CCN(c2cncc(Cl)n2)C1. The lowest BCUT2D eigenvalue weighted by atomic mass is 10.4. The molecule has 0 aromatic carbocycles. The van der Waals surface area contributed by atoms with Gasteiger partial charge in [-0.25, -0.2) is 4.98 Å². The zero-order chi connectivity index (χ0) is 9.97. The first-order valence-electron chi connectivity index (χ1n) is 4.55. The topological polar surface area (TPSA) is 29.0 Å². The maximum absolute atomic E-state index is 5.79. The normalized spacial score (nSPS) is 21.6. The van der Waals surface area contributed by atoms with Gasteiger partial charge in [-0.15, -0.1) is 0 Å². The van der Waals surface area contributed by atoms with Crippen molar-refractivity contribution in [2.45, 2.75) is 11.7 Å². The zero-order valence-corrected chi connectivity index (χ0v) is 9.55. The Morgan fingerprint density at radius 1 is 1.57 bits per heavy atom. The summed E-state index contributed by atoms with van der Waals surface area (Å²) in [5.74, 6) is 0.897. The van der Waals surface area contributed by atoms with Gasteiger partial charge in [-0.2, -0.15) is 11.8 Å². The van der Waals surface area contributed by atoms with Crippen molar-refractivity contribution in [1.82, 2.24) is 9.97 Å². The first kappa shape index (κ1) is 10.1. The van der Waals surface area contributed by atoms with E-state index in [0.717, 1.165) is 24.2 Å². The molecule has 0 amide bonds. The molecule has 1 unspecified atom stereocenters. The smallest absolute Gasteiger partial charge is 0.149 e. The number of rotatable bonds is 2. The standard InChI is InChI=1S/C9H12ClN3S/c1-14-7-2-3-13(6-7)9-5-11-4-8(10)12-9/h4-5,7H,2-3,6H2,1H3. The number of nitrogens with zero attached hydrogens (tertiary/aromatic N) is 3. The van der Waals surface area contributed by atoms with Crippen molar-refractivity contribution in [2.75, 3.05) is 24.2 Å². The van der Waals surface area contributed by atoms with Crippen LogP contribution in [0.2, 0.25) is 5.15 Å². The molecule has 0 saturated carbocycles. The van der Waals surface area contributed by atoms with E-state index in [1.54, 1.807) is 12.4 Å². The maximum Gasteiger partial charge on any atom is 0.149 e. The monoisotopic (exact) mass is 229 g/mol. The second kappa shape index (κ2) is 4.36. The molecular weight excluding hydrogens is 218 g/mol. The van der Waals surface area contributed by atoms with Crippen LogP contribution in [0.15, 0.2) is 12.4 Å². The van der Waals surface area contributed by atoms with E-state index in [1.807, 2.05) is 11.8 Å². The molecule has 76 valence electrons. The Kier molecular flexibility index (Phi) is 3.13. The minimum atomic E-state index is 0.468. The second-order valence-electron chi connectivity index (χ2n) is 3.29. The van der Waals surface area contributed by atoms with Crippen LogP contribution >= 0.6 is 23.4 Å². The van der Waals surface area contributed by atoms with E-state index in [9.17, 15) is 0 Å². The highest BCUT2D eigenvalue weighted by molar-refractivity contribution is 7.99. The molecular formula is C9H12ClN3S. The fourth-order valence-electron chi connectivity index (χ4n) is 1.61. The summed E-state index contributed by atoms with van der Waals surface area (Å²) in [5.41, 5.74) is 0. The van der Waals surface area contributed by atoms with Gasteiger partial charge in [0, 0.05) is 18.3 Å². The fraction of sp³-hybridized carbons (Fsp3) is 0.556. The fourth-order valence-corrected chi connectivity index (χ4v) is 2.43. The van der Waals surface area contributed by atoms with Crippen molar-refractivity contribution >= 4 is 29.2 Å². The lowest BCUT2D eigenvalue weighted by Gasteiger charge is -2.16. The van der Waals surface area contributed by atoms with Crippen LogP contribution in [0.1, 0.15) is 6.42 Å². The lowest BCUT2D eigenvalue weighted by Crippen LogP contribution is -2.21. The van der Waals surface area contributed by atoms with Crippen LogP contribution in [-0.4, -0.2) is 34.6 Å². The van der Waals surface area contributed by atoms with E-state index in [2.05, 4.69) is 21.1 Å². The quantitative estimate of drug-likeness (QED) is 0.777. The van der Waals surface area contributed by atoms with Gasteiger partial charge in [0.15, 0.2) is 0 Å². The third-order valence-electron chi connectivity index (χ3n) is 2.39. The first-order valence-corrected chi connectivity index (χ1v) is 6.21. The Balaban J connectivity index is 2.09. The van der Waals surface area contributed by atoms with Crippen LogP contribution < -0.4 is 4.90 Å². The van der Waals surface area contributed by atoms with Crippen LogP contribution in [0.4, 0.5) is 5.82 Å². The largest absolute Gasteiger partial charge is 0.354 e. The molecule has 3 nitrogen and oxygen atoms in total. The first-order chi connectivity index (χ1) is 6.79. The Morgan fingerprint density at radius 3 is 3.07 bits per heavy atom. The highest BCUT2D eigenvalue weighted by atomic mass is 35.5. The van der Waals surface area contributed by atoms with Crippen molar-refractivity contribution in [3.05, 3.63) is 17.5 Å². The van der Waals surface area contributed by atoms with Gasteiger partial charge in [0.2, 0.25) is 0 Å². The molecule has 1 saturated heterocycles. The summed E-state index contributed by atoms with van der Waals surface area (Å²) in [7, 11) is 0. The summed E-state index contributed by atoms with van der Waals surface area (Å²) < 4.78 is 0. The molecule has 14 heavy (non-hydrogen) atoms. The zero-order valence-electron chi connectivity index (χ0n) is 7.98. The predicted molar refractivity (Wildman–Crippen MR) is 61.2 cm³/mol. The van der Waals surface area contributed by atoms with E-state index in [0.29, 0.717) is 5.15 Å². The molecule has 1 atom stereocenters. The van der Waals surface area contributed by atoms with Gasteiger partial charge >= 0.3 is 0 Å². The van der Waals surface area contributed by atoms with Gasteiger partial charge < -0.3 is 4.90 Å². The minimum Gasteiger partial charge on any atom is -0.354 e. The van der Waals surface area contributed by atoms with E-state index >= 15 is 0 Å². The average molecular weight is 230 g/mol. The Morgan fingerprint density at radius 2 is 2.43 bits per heavy atom. The van der Waals surface area contributed by atoms with Gasteiger partial charge in [0.05, 0.1) is 12.4 Å². The Labute approximate surface area is 92.9 Å². The number of thioether (sulfide) groups is 1. The van der Waals surface area contributed by atoms with Crippen molar-refractivity contribution < 1.29 is 0 Å². The van der Waals surface area contributed by atoms with E-state index in [-0.39, 0.29) is 0 Å². The summed E-state index contributed by atoms with van der Waals surface area (Å²) in [6, 6.07) is 0. The minimum absolute atomic E-state index is 0.468. The molecule has 0 bridgehead atoms. The number of hydrogen-bond acceptors (Lipinski definition) is 4. The lowest BCUT2D eigenvalue weighted by molar-refractivity contribution is 0.927. The van der Waals surface area contributed by atoms with Crippen molar-refractivity contribution in [1.29, 1.82) is 0 Å². The molecule has 0 N–H and O–H groups in total. The Bertz CT molecular complexity index is 321. The van der Waals surface area contributed by atoms with Crippen LogP contribution in [0.3, 0.4) is 0 Å². The molecule has 2 rings (SSSR count). The summed E-state index contributed by atoms with van der Waals surface area (Å²) in [5, 5.41) is 1.19. The third-order valence-corrected chi connectivity index (χ3v) is 3.63. The van der Waals surface area contributed by atoms with Crippen LogP contribution in [0, 0.1) is 0 Å². The van der Waals surface area contributed by atoms with E-state index in [4.69, 9.17) is 11.6 Å². The van der Waals surface area contributed by atoms with Crippen LogP contribution in [0.5, 0.6) is 0 Å². The average Bonchev–Trinajstić information content (AvgIpc) is 2.66. The molecule has 1 aliphatic rings. The summed E-state index contributed by atoms with van der Waals surface area (Å²) in [6.45, 7) is 2.11. The molecule has 5 heteroatoms. The number of anilines is 1. The number of aromatic nitrogens is 2. The van der Waals surface area contributed by atoms with Crippen LogP contribution in [-0.2, 0) is 0 Å². The number of hydrogen-bond donors (Lipinski definition) is 0. The molecule has 0 aliphatic carbocycles. The van der Waals surface area contributed by atoms with Gasteiger partial charge in [0.25, 0.3) is 0 Å². The van der Waals surface area contributed by atoms with E-state index < -0.39 is 0 Å². The van der Waals surface area contributed by atoms with Crippen LogP contribution in [0.25, 0.3) is 0 Å². The highest BCUT2D eigenvalue weighted by Gasteiger charge is 2.22. The highest BCUT2D eigenvalue weighted by Crippen LogP contribution is 2.24. The molecule has 0 spiro atoms. The third kappa shape index (κ3) is 2.12. The molecule has 2 heterocycles. The van der Waals surface area contributed by atoms with Gasteiger partial charge in [0.1, 0.15) is 11.0 Å². The van der Waals surface area contributed by atoms with Gasteiger partial charge in [-0.3, -0.25) is 4.98 Å². The molecule has 1 fully saturated rings. The van der Waals surface area contributed by atoms with Gasteiger partial charge in [-0.1, -0.05) is 11.6 Å². The van der Waals surface area contributed by atoms with E-state index in [1.165, 1.54) is 6.42 Å². The predicted octanol–water partition coefficient (Wildman–Crippen LogP) is 2.07. The summed E-state index contributed by atoms with van der Waals surface area (Å²) >= 11 is 7.70. The van der Waals surface area contributed by atoms with Gasteiger partial charge in [-0.05, 0) is 12.7 Å². The summed E-state index contributed by atoms with van der Waals surface area (Å²) in [4.78, 5) is 10.5. The molecule has 0 radical (unpaired) electrons. The maximum atomic E-state index is 5.79. The summed E-state index contributed by atoms with van der Waals surface area (Å²) in [6.07, 6.45) is 6.70. The molecule has 1 aliphatic heterocycles. The number of halogens is 1. The molecule has 1 aromatic heterocycles. The van der Waals surface area contributed by atoms with Crippen molar-refractivity contribution in [3.8, 4) is 0 Å². The molecule has 1 aromatic rings. The van der Waals surface area contributed by atoms with Crippen molar-refractivity contribution in [3.63, 3.8) is 0 Å². The van der Waals surface area contributed by atoms with Crippen molar-refractivity contribution in [2.24, 2.45) is 0 Å². The second-order valence-corrected chi connectivity index (χ2v) is 4.82.